The Morgan fingerprint density at radius 1 is 1.02 bits per heavy atom. The first-order valence-electron chi connectivity index (χ1n) is 13.2. The summed E-state index contributed by atoms with van der Waals surface area (Å²) in [4.78, 5) is 25.3. The predicted octanol–water partition coefficient (Wildman–Crippen LogP) is 5.41. The zero-order valence-electron chi connectivity index (χ0n) is 22.7. The van der Waals surface area contributed by atoms with Gasteiger partial charge in [0.2, 0.25) is 15.9 Å². The number of thioether (sulfide) groups is 1. The van der Waals surface area contributed by atoms with Crippen molar-refractivity contribution in [1.29, 1.82) is 0 Å². The fraction of sp³-hybridized carbons (Fsp3) is 0.241. The minimum absolute atomic E-state index is 0.209. The van der Waals surface area contributed by atoms with E-state index in [4.69, 9.17) is 0 Å². The summed E-state index contributed by atoms with van der Waals surface area (Å²) < 4.78 is 94.0. The van der Waals surface area contributed by atoms with Crippen molar-refractivity contribution in [2.45, 2.75) is 47.2 Å². The molecule has 0 spiro atoms. The molecule has 2 atom stereocenters. The molecule has 0 aliphatic carbocycles. The average molecular weight is 650 g/mol. The molecule has 0 saturated carbocycles. The monoisotopic (exact) mass is 649 g/mol. The average Bonchev–Trinajstić information content (AvgIpc) is 3.42. The Kier molecular flexibility index (Phi) is 9.27. The van der Waals surface area contributed by atoms with Crippen LogP contribution in [0.3, 0.4) is 0 Å². The second-order valence-electron chi connectivity index (χ2n) is 9.83. The van der Waals surface area contributed by atoms with Crippen molar-refractivity contribution < 1.29 is 35.2 Å². The van der Waals surface area contributed by atoms with Gasteiger partial charge >= 0.3 is 6.18 Å². The van der Waals surface area contributed by atoms with Gasteiger partial charge in [-0.05, 0) is 48.0 Å². The molecule has 8 nitrogen and oxygen atoms in total. The highest BCUT2D eigenvalue weighted by Gasteiger charge is 2.44. The molecule has 1 N–H and O–H groups in total. The molecule has 3 heterocycles. The number of amides is 1. The third-order valence-corrected chi connectivity index (χ3v) is 9.50. The van der Waals surface area contributed by atoms with Gasteiger partial charge in [-0.3, -0.25) is 9.78 Å². The van der Waals surface area contributed by atoms with Gasteiger partial charge in [0.15, 0.2) is 5.16 Å². The number of carbonyl (C=O) groups is 1. The topological polar surface area (TPSA) is 105 Å². The molecule has 1 aliphatic rings. The molecule has 230 valence electrons. The Hall–Kier alpha value is -3.95. The number of hydrogen-bond donors (Lipinski definition) is 1. The zero-order chi connectivity index (χ0) is 31.5. The number of hydrogen-bond acceptors (Lipinski definition) is 7. The van der Waals surface area contributed by atoms with Crippen LogP contribution < -0.4 is 5.32 Å². The minimum Gasteiger partial charge on any atom is -0.349 e. The first-order valence-corrected chi connectivity index (χ1v) is 15.6. The van der Waals surface area contributed by atoms with Gasteiger partial charge in [0.1, 0.15) is 23.7 Å². The van der Waals surface area contributed by atoms with Crippen LogP contribution in [-0.4, -0.2) is 52.3 Å². The quantitative estimate of drug-likeness (QED) is 0.147. The number of rotatable bonds is 9. The first kappa shape index (κ1) is 31.5. The van der Waals surface area contributed by atoms with Crippen LogP contribution in [0, 0.1) is 5.82 Å². The van der Waals surface area contributed by atoms with Crippen LogP contribution in [0.15, 0.2) is 89.0 Å². The molecule has 1 saturated heterocycles. The third-order valence-electron chi connectivity index (χ3n) is 6.69. The Morgan fingerprint density at radius 2 is 1.75 bits per heavy atom. The summed E-state index contributed by atoms with van der Waals surface area (Å²) in [5.74, 6) is -0.941. The summed E-state index contributed by atoms with van der Waals surface area (Å²) in [7, 11) is -4.31. The van der Waals surface area contributed by atoms with E-state index in [-0.39, 0.29) is 40.0 Å². The minimum atomic E-state index is -4.62. The van der Waals surface area contributed by atoms with E-state index in [1.807, 2.05) is 30.3 Å². The number of nitrogens with one attached hydrogen (secondary N) is 1. The molecule has 0 bridgehead atoms. The summed E-state index contributed by atoms with van der Waals surface area (Å²) in [5.41, 5.74) is 0.723. The van der Waals surface area contributed by atoms with Crippen LogP contribution in [0.5, 0.6) is 0 Å². The summed E-state index contributed by atoms with van der Waals surface area (Å²) in [6, 6.07) is 15.6. The fourth-order valence-corrected chi connectivity index (χ4v) is 6.97. The molecule has 1 amide bonds. The largest absolute Gasteiger partial charge is 0.433 e. The number of pyridine rings is 1. The van der Waals surface area contributed by atoms with Crippen molar-refractivity contribution >= 4 is 27.7 Å². The maximum atomic E-state index is 14.4. The van der Waals surface area contributed by atoms with Crippen molar-refractivity contribution in [1.82, 2.24) is 24.6 Å². The lowest BCUT2D eigenvalue weighted by atomic mass is 10.1. The van der Waals surface area contributed by atoms with Gasteiger partial charge < -0.3 is 5.32 Å². The van der Waals surface area contributed by atoms with E-state index in [0.29, 0.717) is 5.75 Å². The van der Waals surface area contributed by atoms with Crippen LogP contribution in [0.25, 0.3) is 11.3 Å². The lowest BCUT2D eigenvalue weighted by Gasteiger charge is -2.23. The van der Waals surface area contributed by atoms with Gasteiger partial charge in [-0.1, -0.05) is 42.1 Å². The van der Waals surface area contributed by atoms with Crippen LogP contribution in [0.1, 0.15) is 23.4 Å². The molecule has 0 radical (unpaired) electrons. The number of alkyl halides is 4. The highest BCUT2D eigenvalue weighted by atomic mass is 32.2. The number of benzene rings is 2. The Balaban J connectivity index is 1.37. The molecular formula is C29H24F5N5O3S2. The van der Waals surface area contributed by atoms with Gasteiger partial charge in [0.05, 0.1) is 22.8 Å². The normalized spacial score (nSPS) is 17.5. The fourth-order valence-electron chi connectivity index (χ4n) is 4.51. The summed E-state index contributed by atoms with van der Waals surface area (Å²) in [6.45, 7) is -0.754. The van der Waals surface area contributed by atoms with E-state index in [9.17, 15) is 35.2 Å². The number of halogens is 5. The third kappa shape index (κ3) is 7.39. The number of sulfonamides is 1. The number of nitrogens with zero attached hydrogens (tertiary/aromatic N) is 4. The van der Waals surface area contributed by atoms with Crippen molar-refractivity contribution in [3.63, 3.8) is 0 Å². The van der Waals surface area contributed by atoms with E-state index >= 15 is 0 Å². The first-order chi connectivity index (χ1) is 20.9. The van der Waals surface area contributed by atoms with Gasteiger partial charge in [-0.2, -0.15) is 17.5 Å². The second kappa shape index (κ2) is 13.0. The molecule has 1 aliphatic heterocycles. The zero-order valence-corrected chi connectivity index (χ0v) is 24.3. The van der Waals surface area contributed by atoms with Crippen LogP contribution in [0.4, 0.5) is 22.0 Å². The Bertz CT molecular complexity index is 1730. The Morgan fingerprint density at radius 3 is 2.41 bits per heavy atom. The van der Waals surface area contributed by atoms with Gasteiger partial charge in [0, 0.05) is 30.5 Å². The lowest BCUT2D eigenvalue weighted by Crippen LogP contribution is -2.45. The van der Waals surface area contributed by atoms with Crippen LogP contribution in [-0.2, 0) is 33.3 Å². The van der Waals surface area contributed by atoms with E-state index in [1.54, 1.807) is 0 Å². The highest BCUT2D eigenvalue weighted by Crippen LogP contribution is 2.31. The summed E-state index contributed by atoms with van der Waals surface area (Å²) in [6.07, 6.45) is -5.55. The van der Waals surface area contributed by atoms with Crippen molar-refractivity contribution in [3.05, 3.63) is 102 Å². The summed E-state index contributed by atoms with van der Waals surface area (Å²) >= 11 is 1.27. The van der Waals surface area contributed by atoms with Crippen LogP contribution >= 0.6 is 11.8 Å². The van der Waals surface area contributed by atoms with Crippen molar-refractivity contribution in [3.8, 4) is 11.3 Å². The van der Waals surface area contributed by atoms with E-state index in [0.717, 1.165) is 46.4 Å². The van der Waals surface area contributed by atoms with E-state index in [1.165, 1.54) is 23.9 Å². The molecule has 2 aromatic heterocycles. The lowest BCUT2D eigenvalue weighted by molar-refractivity contribution is -0.141. The van der Waals surface area contributed by atoms with E-state index < -0.39 is 52.4 Å². The van der Waals surface area contributed by atoms with Gasteiger partial charge in [0.25, 0.3) is 0 Å². The number of aromatic nitrogens is 3. The molecule has 0 unspecified atom stereocenters. The van der Waals surface area contributed by atoms with Gasteiger partial charge in [-0.25, -0.2) is 27.2 Å². The summed E-state index contributed by atoms with van der Waals surface area (Å²) in [5, 5.41) is 2.88. The van der Waals surface area contributed by atoms with Gasteiger partial charge in [-0.15, -0.1) is 0 Å². The SMILES string of the molecule is O=C(NCc1cc(-c2ccc(C(F)(F)F)nc2)nc(SCc2ccccc2)n1)[C@@H]1C[C@@H](F)CN1S(=O)(=O)c1ccc(F)cc1. The maximum Gasteiger partial charge on any atom is 0.433 e. The number of carbonyl (C=O) groups excluding carboxylic acids is 1. The molecule has 15 heteroatoms. The molecule has 1 fully saturated rings. The molecular weight excluding hydrogens is 625 g/mol. The second-order valence-corrected chi connectivity index (χ2v) is 12.7. The Labute approximate surface area is 253 Å². The highest BCUT2D eigenvalue weighted by molar-refractivity contribution is 7.98. The maximum absolute atomic E-state index is 14.4. The van der Waals surface area contributed by atoms with E-state index in [2.05, 4.69) is 20.3 Å². The molecule has 2 aromatic carbocycles. The molecule has 5 rings (SSSR count). The van der Waals surface area contributed by atoms with Crippen LogP contribution in [0.2, 0.25) is 0 Å². The van der Waals surface area contributed by atoms with Crippen molar-refractivity contribution in [2.24, 2.45) is 0 Å². The molecule has 4 aromatic rings. The predicted molar refractivity (Wildman–Crippen MR) is 152 cm³/mol. The van der Waals surface area contributed by atoms with Crippen molar-refractivity contribution in [2.75, 3.05) is 6.54 Å². The smallest absolute Gasteiger partial charge is 0.349 e. The standard InChI is InChI=1S/C29H24F5N5O3S2/c30-20-7-9-23(10-8-20)44(41,42)39-16-21(31)12-25(39)27(40)36-15-22-13-24(19-6-11-26(35-14-19)29(32,33)34)38-28(37-22)43-17-18-4-2-1-3-5-18/h1-11,13-14,21,25H,12,15-17H2,(H,36,40)/t21-,25+/m1/s1. The molecule has 44 heavy (non-hydrogen) atoms.